The number of ether oxygens (including phenoxy) is 2. The molecule has 0 aromatic heterocycles. The number of amides is 1. The van der Waals surface area contributed by atoms with Crippen LogP contribution in [0.25, 0.3) is 0 Å². The highest BCUT2D eigenvalue weighted by Gasteiger charge is 2.21. The standard InChI is InChI=1S/C17H16ClNO5/c1-10(16(21)19-12-5-3-4-11(18)8-12)24-17(22)14-7-6-13(23-2)9-15(14)20/h3-10,20H,1-2H3,(H,19,21)/t10-/m0/s1. The summed E-state index contributed by atoms with van der Waals surface area (Å²) >= 11 is 5.84. The molecule has 0 radical (unpaired) electrons. The fourth-order valence-electron chi connectivity index (χ4n) is 1.90. The van der Waals surface area contributed by atoms with Gasteiger partial charge in [-0.1, -0.05) is 17.7 Å². The lowest BCUT2D eigenvalue weighted by molar-refractivity contribution is -0.123. The van der Waals surface area contributed by atoms with Crippen LogP contribution in [0, 0.1) is 0 Å². The highest BCUT2D eigenvalue weighted by atomic mass is 35.5. The fourth-order valence-corrected chi connectivity index (χ4v) is 2.09. The zero-order valence-electron chi connectivity index (χ0n) is 13.1. The van der Waals surface area contributed by atoms with Crippen LogP contribution in [-0.4, -0.2) is 30.2 Å². The highest BCUT2D eigenvalue weighted by molar-refractivity contribution is 6.30. The summed E-state index contributed by atoms with van der Waals surface area (Å²) in [6, 6.07) is 10.7. The van der Waals surface area contributed by atoms with Gasteiger partial charge in [0.15, 0.2) is 6.10 Å². The van der Waals surface area contributed by atoms with Crippen LogP contribution in [0.3, 0.4) is 0 Å². The Kier molecular flexibility index (Phi) is 5.65. The van der Waals surface area contributed by atoms with Gasteiger partial charge >= 0.3 is 5.97 Å². The summed E-state index contributed by atoms with van der Waals surface area (Å²) in [6.07, 6.45) is -1.06. The SMILES string of the molecule is COc1ccc(C(=O)O[C@@H](C)C(=O)Nc2cccc(Cl)c2)c(O)c1. The lowest BCUT2D eigenvalue weighted by Crippen LogP contribution is -2.30. The van der Waals surface area contributed by atoms with Gasteiger partial charge in [-0.15, -0.1) is 0 Å². The first-order valence-corrected chi connectivity index (χ1v) is 7.43. The van der Waals surface area contributed by atoms with Crippen molar-refractivity contribution in [3.63, 3.8) is 0 Å². The molecule has 6 nitrogen and oxygen atoms in total. The molecule has 0 aliphatic heterocycles. The van der Waals surface area contributed by atoms with E-state index in [0.717, 1.165) is 0 Å². The van der Waals surface area contributed by atoms with Crippen LogP contribution in [0.15, 0.2) is 42.5 Å². The zero-order valence-corrected chi connectivity index (χ0v) is 13.8. The van der Waals surface area contributed by atoms with Crippen LogP contribution >= 0.6 is 11.6 Å². The molecule has 2 aromatic carbocycles. The zero-order chi connectivity index (χ0) is 17.7. The maximum Gasteiger partial charge on any atom is 0.342 e. The Bertz CT molecular complexity index is 762. The molecule has 126 valence electrons. The minimum atomic E-state index is -1.06. The largest absolute Gasteiger partial charge is 0.507 e. The lowest BCUT2D eigenvalue weighted by Gasteiger charge is -2.14. The molecule has 2 aromatic rings. The molecule has 0 bridgehead atoms. The van der Waals surface area contributed by atoms with E-state index in [1.807, 2.05) is 0 Å². The number of carbonyl (C=O) groups excluding carboxylic acids is 2. The van der Waals surface area contributed by atoms with Gasteiger partial charge in [0.25, 0.3) is 5.91 Å². The Balaban J connectivity index is 2.01. The molecule has 0 spiro atoms. The summed E-state index contributed by atoms with van der Waals surface area (Å²) in [5, 5.41) is 12.9. The van der Waals surface area contributed by atoms with Crippen LogP contribution in [0.5, 0.6) is 11.5 Å². The third kappa shape index (κ3) is 4.39. The number of hydrogen-bond donors (Lipinski definition) is 2. The van der Waals surface area contributed by atoms with Crippen molar-refractivity contribution in [3.8, 4) is 11.5 Å². The Morgan fingerprint density at radius 3 is 2.58 bits per heavy atom. The van der Waals surface area contributed by atoms with Crippen molar-refractivity contribution in [2.45, 2.75) is 13.0 Å². The number of phenolic OH excluding ortho intramolecular Hbond substituents is 1. The summed E-state index contributed by atoms with van der Waals surface area (Å²) in [6.45, 7) is 1.43. The number of methoxy groups -OCH3 is 1. The quantitative estimate of drug-likeness (QED) is 0.809. The molecule has 0 saturated carbocycles. The molecule has 1 atom stereocenters. The molecule has 0 aliphatic carbocycles. The maximum absolute atomic E-state index is 12.1. The van der Waals surface area contributed by atoms with E-state index in [9.17, 15) is 14.7 Å². The number of halogens is 1. The summed E-state index contributed by atoms with van der Waals surface area (Å²) in [4.78, 5) is 24.1. The van der Waals surface area contributed by atoms with E-state index in [1.165, 1.54) is 32.2 Å². The topological polar surface area (TPSA) is 84.9 Å². The van der Waals surface area contributed by atoms with E-state index in [-0.39, 0.29) is 11.3 Å². The molecule has 2 rings (SSSR count). The molecular weight excluding hydrogens is 334 g/mol. The van der Waals surface area contributed by atoms with E-state index in [1.54, 1.807) is 24.3 Å². The molecule has 1 amide bonds. The number of rotatable bonds is 5. The molecule has 2 N–H and O–H groups in total. The molecule has 0 saturated heterocycles. The molecule has 0 heterocycles. The Hall–Kier alpha value is -2.73. The Morgan fingerprint density at radius 2 is 1.96 bits per heavy atom. The molecule has 0 aliphatic rings. The normalized spacial score (nSPS) is 11.5. The van der Waals surface area contributed by atoms with Crippen molar-refractivity contribution in [2.24, 2.45) is 0 Å². The van der Waals surface area contributed by atoms with E-state index in [0.29, 0.717) is 16.5 Å². The summed E-state index contributed by atoms with van der Waals surface area (Å²) < 4.78 is 10.0. The first kappa shape index (κ1) is 17.6. The third-order valence-electron chi connectivity index (χ3n) is 3.17. The predicted octanol–water partition coefficient (Wildman–Crippen LogP) is 3.24. The monoisotopic (exact) mass is 349 g/mol. The van der Waals surface area contributed by atoms with Crippen molar-refractivity contribution < 1.29 is 24.2 Å². The molecule has 24 heavy (non-hydrogen) atoms. The van der Waals surface area contributed by atoms with Gasteiger partial charge in [0.1, 0.15) is 17.1 Å². The number of benzene rings is 2. The van der Waals surface area contributed by atoms with Crippen molar-refractivity contribution in [1.82, 2.24) is 0 Å². The minimum absolute atomic E-state index is 0.0572. The van der Waals surface area contributed by atoms with Gasteiger partial charge < -0.3 is 19.9 Å². The first-order chi connectivity index (χ1) is 11.4. The fraction of sp³-hybridized carbons (Fsp3) is 0.176. The average Bonchev–Trinajstić information content (AvgIpc) is 2.54. The Labute approximate surface area is 144 Å². The number of hydrogen-bond acceptors (Lipinski definition) is 5. The van der Waals surface area contributed by atoms with Crippen LogP contribution in [0.4, 0.5) is 5.69 Å². The van der Waals surface area contributed by atoms with E-state index in [2.05, 4.69) is 5.32 Å². The number of anilines is 1. The Morgan fingerprint density at radius 1 is 1.21 bits per heavy atom. The van der Waals surface area contributed by atoms with Crippen molar-refractivity contribution in [2.75, 3.05) is 12.4 Å². The van der Waals surface area contributed by atoms with Gasteiger partial charge in [-0.05, 0) is 37.3 Å². The number of carbonyl (C=O) groups is 2. The van der Waals surface area contributed by atoms with Gasteiger partial charge in [0.2, 0.25) is 0 Å². The van der Waals surface area contributed by atoms with Gasteiger partial charge in [-0.3, -0.25) is 4.79 Å². The number of phenols is 1. The van der Waals surface area contributed by atoms with Gasteiger partial charge in [0.05, 0.1) is 7.11 Å². The average molecular weight is 350 g/mol. The van der Waals surface area contributed by atoms with Crippen molar-refractivity contribution in [1.29, 1.82) is 0 Å². The number of aromatic hydroxyl groups is 1. The predicted molar refractivity (Wildman–Crippen MR) is 89.6 cm³/mol. The van der Waals surface area contributed by atoms with Gasteiger partial charge in [-0.2, -0.15) is 0 Å². The summed E-state index contributed by atoms with van der Waals surface area (Å²) in [5.74, 6) is -1.22. The van der Waals surface area contributed by atoms with Gasteiger partial charge in [0, 0.05) is 16.8 Å². The van der Waals surface area contributed by atoms with E-state index >= 15 is 0 Å². The second-order valence-electron chi connectivity index (χ2n) is 4.93. The number of esters is 1. The summed E-state index contributed by atoms with van der Waals surface area (Å²) in [5.41, 5.74) is 0.431. The van der Waals surface area contributed by atoms with Gasteiger partial charge in [-0.25, -0.2) is 4.79 Å². The van der Waals surface area contributed by atoms with E-state index < -0.39 is 18.0 Å². The highest BCUT2D eigenvalue weighted by Crippen LogP contribution is 2.24. The van der Waals surface area contributed by atoms with E-state index in [4.69, 9.17) is 21.1 Å². The van der Waals surface area contributed by atoms with Crippen LogP contribution in [-0.2, 0) is 9.53 Å². The van der Waals surface area contributed by atoms with Crippen LogP contribution in [0.1, 0.15) is 17.3 Å². The molecule has 0 unspecified atom stereocenters. The maximum atomic E-state index is 12.1. The number of nitrogens with one attached hydrogen (secondary N) is 1. The smallest absolute Gasteiger partial charge is 0.342 e. The third-order valence-corrected chi connectivity index (χ3v) is 3.41. The van der Waals surface area contributed by atoms with Crippen molar-refractivity contribution in [3.05, 3.63) is 53.1 Å². The van der Waals surface area contributed by atoms with Crippen LogP contribution < -0.4 is 10.1 Å². The van der Waals surface area contributed by atoms with Crippen LogP contribution in [0.2, 0.25) is 5.02 Å². The molecular formula is C17H16ClNO5. The lowest BCUT2D eigenvalue weighted by atomic mass is 10.2. The van der Waals surface area contributed by atoms with Crippen molar-refractivity contribution >= 4 is 29.2 Å². The minimum Gasteiger partial charge on any atom is -0.507 e. The molecule has 0 fully saturated rings. The molecule has 7 heteroatoms. The second kappa shape index (κ2) is 7.70. The second-order valence-corrected chi connectivity index (χ2v) is 5.37. The summed E-state index contributed by atoms with van der Waals surface area (Å²) in [7, 11) is 1.44. The first-order valence-electron chi connectivity index (χ1n) is 7.05.